The summed E-state index contributed by atoms with van der Waals surface area (Å²) in [5.74, 6) is 0. The summed E-state index contributed by atoms with van der Waals surface area (Å²) in [6, 6.07) is 0.848. The third-order valence-corrected chi connectivity index (χ3v) is 4.79. The monoisotopic (exact) mass is 203 g/mol. The molecule has 0 N–H and O–H groups in total. The first-order valence-electron chi connectivity index (χ1n) is 4.34. The molecule has 0 saturated heterocycles. The molecule has 0 atom stereocenters. The lowest BCUT2D eigenvalue weighted by molar-refractivity contribution is 0.123. The first-order valence-corrected chi connectivity index (χ1v) is 6.27. The molecule has 4 heteroatoms. The van der Waals surface area contributed by atoms with Gasteiger partial charge in [-0.05, 0) is 19.3 Å². The highest BCUT2D eigenvalue weighted by atomic mass is 28.4. The number of hydrogen-bond donors (Lipinski definition) is 0. The molecule has 0 spiro atoms. The summed E-state index contributed by atoms with van der Waals surface area (Å²) in [6.45, 7) is 3.62. The van der Waals surface area contributed by atoms with Crippen molar-refractivity contribution < 1.29 is 13.3 Å². The molecular formula is C9H19O3Si. The molecule has 0 unspecified atom stereocenters. The van der Waals surface area contributed by atoms with Crippen LogP contribution in [0.4, 0.5) is 0 Å². The minimum atomic E-state index is -2.32. The molecule has 0 aromatic rings. The van der Waals surface area contributed by atoms with Crippen LogP contribution in [0.15, 0.2) is 12.7 Å². The van der Waals surface area contributed by atoms with E-state index in [1.165, 1.54) is 0 Å². The first-order chi connectivity index (χ1) is 6.24. The van der Waals surface area contributed by atoms with E-state index in [0.29, 0.717) is 0 Å². The Kier molecular flexibility index (Phi) is 7.17. The van der Waals surface area contributed by atoms with Gasteiger partial charge < -0.3 is 13.3 Å². The van der Waals surface area contributed by atoms with Crippen molar-refractivity contribution in [2.45, 2.75) is 18.9 Å². The smallest absolute Gasteiger partial charge is 0.377 e. The molecule has 0 fully saturated rings. The Morgan fingerprint density at radius 3 is 2.08 bits per heavy atom. The quantitative estimate of drug-likeness (QED) is 0.446. The zero-order valence-electron chi connectivity index (χ0n) is 8.71. The van der Waals surface area contributed by atoms with Gasteiger partial charge in [0, 0.05) is 27.4 Å². The van der Waals surface area contributed by atoms with Crippen LogP contribution in [0.25, 0.3) is 0 Å². The summed E-state index contributed by atoms with van der Waals surface area (Å²) < 4.78 is 15.8. The zero-order chi connectivity index (χ0) is 10.2. The molecule has 0 bridgehead atoms. The molecular weight excluding hydrogens is 184 g/mol. The van der Waals surface area contributed by atoms with Crippen LogP contribution in [0.1, 0.15) is 12.8 Å². The van der Waals surface area contributed by atoms with Crippen molar-refractivity contribution in [1.82, 2.24) is 0 Å². The van der Waals surface area contributed by atoms with Crippen LogP contribution in [-0.4, -0.2) is 30.1 Å². The summed E-state index contributed by atoms with van der Waals surface area (Å²) in [6.07, 6.45) is 5.83. The highest BCUT2D eigenvalue weighted by Gasteiger charge is 2.36. The van der Waals surface area contributed by atoms with Gasteiger partial charge in [-0.1, -0.05) is 6.08 Å². The van der Waals surface area contributed by atoms with Crippen LogP contribution in [-0.2, 0) is 13.3 Å². The first kappa shape index (κ1) is 12.8. The van der Waals surface area contributed by atoms with Crippen molar-refractivity contribution in [3.05, 3.63) is 19.1 Å². The van der Waals surface area contributed by atoms with E-state index in [1.54, 1.807) is 27.4 Å². The van der Waals surface area contributed by atoms with Gasteiger partial charge in [-0.3, -0.25) is 0 Å². The summed E-state index contributed by atoms with van der Waals surface area (Å²) in [4.78, 5) is 0. The van der Waals surface area contributed by atoms with Crippen molar-refractivity contribution in [2.24, 2.45) is 0 Å². The molecule has 3 nitrogen and oxygen atoms in total. The van der Waals surface area contributed by atoms with Gasteiger partial charge in [0.2, 0.25) is 0 Å². The fourth-order valence-electron chi connectivity index (χ4n) is 1.11. The zero-order valence-corrected chi connectivity index (χ0v) is 9.71. The van der Waals surface area contributed by atoms with E-state index in [0.717, 1.165) is 18.9 Å². The topological polar surface area (TPSA) is 27.7 Å². The van der Waals surface area contributed by atoms with E-state index < -0.39 is 8.80 Å². The Labute approximate surface area is 82.1 Å². The number of allylic oxidation sites excluding steroid dienone is 1. The summed E-state index contributed by atoms with van der Waals surface area (Å²) in [5, 5.41) is 0. The number of unbranched alkanes of at least 4 members (excludes halogenated alkanes) is 2. The Morgan fingerprint density at radius 2 is 1.69 bits per heavy atom. The number of rotatable bonds is 8. The Bertz CT molecular complexity index is 127. The minimum Gasteiger partial charge on any atom is -0.377 e. The van der Waals surface area contributed by atoms with Crippen molar-refractivity contribution in [3.8, 4) is 0 Å². The van der Waals surface area contributed by atoms with Crippen molar-refractivity contribution in [2.75, 3.05) is 21.3 Å². The average molecular weight is 203 g/mol. The standard InChI is InChI=1S/C9H19O3Si/c1-5-6-7-8-9-13(10-2,11-3)12-4/h5-6H,1,7-9H2,2-4H3. The van der Waals surface area contributed by atoms with Crippen molar-refractivity contribution in [1.29, 1.82) is 0 Å². The molecule has 0 aromatic heterocycles. The molecule has 0 heterocycles. The van der Waals surface area contributed by atoms with Crippen molar-refractivity contribution >= 4 is 8.80 Å². The lowest BCUT2D eigenvalue weighted by Gasteiger charge is -2.23. The van der Waals surface area contributed by atoms with Gasteiger partial charge >= 0.3 is 8.80 Å². The van der Waals surface area contributed by atoms with Gasteiger partial charge in [0.25, 0.3) is 0 Å². The highest BCUT2D eigenvalue weighted by Crippen LogP contribution is 2.16. The minimum absolute atomic E-state index is 0.848. The Morgan fingerprint density at radius 1 is 1.15 bits per heavy atom. The molecule has 13 heavy (non-hydrogen) atoms. The van der Waals surface area contributed by atoms with Gasteiger partial charge in [-0.25, -0.2) is 0 Å². The van der Waals surface area contributed by atoms with Gasteiger partial charge in [0.1, 0.15) is 0 Å². The van der Waals surface area contributed by atoms with Gasteiger partial charge in [-0.15, -0.1) is 6.58 Å². The second-order valence-electron chi connectivity index (χ2n) is 2.66. The van der Waals surface area contributed by atoms with E-state index in [1.807, 2.05) is 6.42 Å². The van der Waals surface area contributed by atoms with Crippen LogP contribution in [0, 0.1) is 6.42 Å². The van der Waals surface area contributed by atoms with Crippen LogP contribution >= 0.6 is 0 Å². The average Bonchev–Trinajstić information content (AvgIpc) is 2.20. The van der Waals surface area contributed by atoms with E-state index in [4.69, 9.17) is 13.3 Å². The van der Waals surface area contributed by atoms with Crippen LogP contribution in [0.3, 0.4) is 0 Å². The van der Waals surface area contributed by atoms with Crippen molar-refractivity contribution in [3.63, 3.8) is 0 Å². The molecule has 0 aliphatic rings. The Hall–Kier alpha value is -0.163. The SMILES string of the molecule is C=C[CH]CCC[Si](OC)(OC)OC. The maximum absolute atomic E-state index is 5.27. The van der Waals surface area contributed by atoms with Crippen LogP contribution in [0.5, 0.6) is 0 Å². The molecule has 0 aromatic carbocycles. The summed E-state index contributed by atoms with van der Waals surface area (Å²) >= 11 is 0. The molecule has 0 rings (SSSR count). The van der Waals surface area contributed by atoms with Gasteiger partial charge in [0.15, 0.2) is 0 Å². The molecule has 0 saturated carbocycles. The fourth-order valence-corrected chi connectivity index (χ4v) is 2.86. The molecule has 1 radical (unpaired) electrons. The van der Waals surface area contributed by atoms with Gasteiger partial charge in [0.05, 0.1) is 0 Å². The predicted molar refractivity (Wildman–Crippen MR) is 55.3 cm³/mol. The maximum Gasteiger partial charge on any atom is 0.500 e. The fraction of sp³-hybridized carbons (Fsp3) is 0.667. The van der Waals surface area contributed by atoms with Crippen LogP contribution < -0.4 is 0 Å². The summed E-state index contributed by atoms with van der Waals surface area (Å²) in [7, 11) is 2.58. The largest absolute Gasteiger partial charge is 0.500 e. The normalized spacial score (nSPS) is 11.6. The highest BCUT2D eigenvalue weighted by molar-refractivity contribution is 6.60. The second kappa shape index (κ2) is 7.26. The molecule has 0 amide bonds. The van der Waals surface area contributed by atoms with E-state index >= 15 is 0 Å². The van der Waals surface area contributed by atoms with Gasteiger partial charge in [-0.2, -0.15) is 0 Å². The van der Waals surface area contributed by atoms with Crippen LogP contribution in [0.2, 0.25) is 6.04 Å². The number of hydrogen-bond acceptors (Lipinski definition) is 3. The molecule has 0 aliphatic carbocycles. The van der Waals surface area contributed by atoms with E-state index in [9.17, 15) is 0 Å². The summed E-state index contributed by atoms with van der Waals surface area (Å²) in [5.41, 5.74) is 0. The molecule has 0 aliphatic heterocycles. The third-order valence-electron chi connectivity index (χ3n) is 1.95. The Balaban J connectivity index is 3.74. The van der Waals surface area contributed by atoms with E-state index in [2.05, 4.69) is 6.58 Å². The van der Waals surface area contributed by atoms with E-state index in [-0.39, 0.29) is 0 Å². The second-order valence-corrected chi connectivity index (χ2v) is 5.75. The molecule has 77 valence electrons. The maximum atomic E-state index is 5.27. The third kappa shape index (κ3) is 4.57. The lowest BCUT2D eigenvalue weighted by Crippen LogP contribution is -2.42. The predicted octanol–water partition coefficient (Wildman–Crippen LogP) is 2.03. The lowest BCUT2D eigenvalue weighted by atomic mass is 10.2.